The largest absolute Gasteiger partial charge is 0.492 e. The number of nitrogens with one attached hydrogen (secondary N) is 1. The first-order chi connectivity index (χ1) is 9.13. The lowest BCUT2D eigenvalue weighted by atomic mass is 10.2. The van der Waals surface area contributed by atoms with Gasteiger partial charge >= 0.3 is 5.97 Å². The van der Waals surface area contributed by atoms with Crippen LogP contribution >= 0.6 is 11.8 Å². The number of thioether (sulfide) groups is 1. The summed E-state index contributed by atoms with van der Waals surface area (Å²) in [4.78, 5) is 10.8. The van der Waals surface area contributed by atoms with Gasteiger partial charge in [0.1, 0.15) is 12.4 Å². The van der Waals surface area contributed by atoms with Crippen molar-refractivity contribution in [3.8, 4) is 5.75 Å². The molecule has 1 atom stereocenters. The summed E-state index contributed by atoms with van der Waals surface area (Å²) < 4.78 is 5.50. The fourth-order valence-electron chi connectivity index (χ4n) is 1.51. The highest BCUT2D eigenvalue weighted by molar-refractivity contribution is 7.99. The Kier molecular flexibility index (Phi) is 7.36. The van der Waals surface area contributed by atoms with Crippen molar-refractivity contribution in [2.24, 2.45) is 0 Å². The third-order valence-electron chi connectivity index (χ3n) is 2.76. The molecule has 0 bridgehead atoms. The van der Waals surface area contributed by atoms with Gasteiger partial charge in [-0.2, -0.15) is 11.8 Å². The molecule has 2 N–H and O–H groups in total. The van der Waals surface area contributed by atoms with Crippen LogP contribution in [0, 0.1) is 0 Å². The fraction of sp³-hybridized carbons (Fsp3) is 0.500. The van der Waals surface area contributed by atoms with Crippen LogP contribution in [0.25, 0.3) is 0 Å². The Hall–Kier alpha value is -1.20. The zero-order valence-corrected chi connectivity index (χ0v) is 12.2. The molecule has 1 aromatic rings. The van der Waals surface area contributed by atoms with Crippen molar-refractivity contribution < 1.29 is 14.6 Å². The lowest BCUT2D eigenvalue weighted by Crippen LogP contribution is -2.23. The molecule has 0 heterocycles. The molecule has 0 aromatic heterocycles. The molecule has 1 aromatic carbocycles. The van der Waals surface area contributed by atoms with Crippen LogP contribution in [-0.4, -0.2) is 42.3 Å². The Bertz CT molecular complexity index is 398. The predicted molar refractivity (Wildman–Crippen MR) is 79.4 cm³/mol. The van der Waals surface area contributed by atoms with Crippen LogP contribution in [0.15, 0.2) is 24.3 Å². The molecule has 0 saturated carbocycles. The van der Waals surface area contributed by atoms with Crippen molar-refractivity contribution in [1.29, 1.82) is 0 Å². The summed E-state index contributed by atoms with van der Waals surface area (Å²) in [6.45, 7) is 4.48. The minimum absolute atomic E-state index is 0.249. The highest BCUT2D eigenvalue weighted by atomic mass is 32.2. The topological polar surface area (TPSA) is 58.6 Å². The van der Waals surface area contributed by atoms with E-state index in [1.165, 1.54) is 6.07 Å². The fourth-order valence-corrected chi connectivity index (χ4v) is 1.86. The third kappa shape index (κ3) is 6.50. The van der Waals surface area contributed by atoms with Crippen LogP contribution in [0.1, 0.15) is 23.7 Å². The van der Waals surface area contributed by atoms with Crippen molar-refractivity contribution in [2.45, 2.75) is 18.6 Å². The quantitative estimate of drug-likeness (QED) is 0.682. The molecule has 0 spiro atoms. The molecular formula is C14H21NO3S. The Labute approximate surface area is 118 Å². The Morgan fingerprint density at radius 1 is 1.47 bits per heavy atom. The average Bonchev–Trinajstić information content (AvgIpc) is 2.42. The van der Waals surface area contributed by atoms with Gasteiger partial charge in [0.2, 0.25) is 0 Å². The third-order valence-corrected chi connectivity index (χ3v) is 3.80. The van der Waals surface area contributed by atoms with Gasteiger partial charge in [-0.1, -0.05) is 13.0 Å². The maximum absolute atomic E-state index is 10.8. The smallest absolute Gasteiger partial charge is 0.335 e. The number of carboxylic acid groups (broad SMARTS) is 1. The van der Waals surface area contributed by atoms with Crippen molar-refractivity contribution >= 4 is 17.7 Å². The second kappa shape index (κ2) is 8.82. The van der Waals surface area contributed by atoms with Crippen LogP contribution < -0.4 is 10.1 Å². The molecule has 0 fully saturated rings. The summed E-state index contributed by atoms with van der Waals surface area (Å²) >= 11 is 1.86. The summed E-state index contributed by atoms with van der Waals surface area (Å²) in [5.74, 6) is -0.339. The maximum atomic E-state index is 10.8. The molecule has 5 heteroatoms. The molecule has 0 saturated heterocycles. The summed E-state index contributed by atoms with van der Waals surface area (Å²) in [6, 6.07) is 6.55. The SMILES string of the molecule is CSC(C)CCNCCOc1cccc(C(=O)O)c1. The van der Waals surface area contributed by atoms with Crippen molar-refractivity contribution in [3.63, 3.8) is 0 Å². The number of benzene rings is 1. The lowest BCUT2D eigenvalue weighted by molar-refractivity contribution is 0.0696. The Morgan fingerprint density at radius 3 is 2.95 bits per heavy atom. The first kappa shape index (κ1) is 15.9. The zero-order chi connectivity index (χ0) is 14.1. The van der Waals surface area contributed by atoms with Gasteiger partial charge in [0.25, 0.3) is 0 Å². The number of carboxylic acids is 1. The van der Waals surface area contributed by atoms with Gasteiger partial charge < -0.3 is 15.2 Å². The van der Waals surface area contributed by atoms with Gasteiger partial charge in [-0.25, -0.2) is 4.79 Å². The minimum Gasteiger partial charge on any atom is -0.492 e. The predicted octanol–water partition coefficient (Wildman–Crippen LogP) is 2.49. The normalized spacial score (nSPS) is 12.1. The summed E-state index contributed by atoms with van der Waals surface area (Å²) in [7, 11) is 0. The molecule has 0 aliphatic rings. The van der Waals surface area contributed by atoms with E-state index in [0.717, 1.165) is 19.5 Å². The first-order valence-electron chi connectivity index (χ1n) is 6.33. The van der Waals surface area contributed by atoms with E-state index < -0.39 is 5.97 Å². The number of hydrogen-bond acceptors (Lipinski definition) is 4. The molecular weight excluding hydrogens is 262 g/mol. The average molecular weight is 283 g/mol. The zero-order valence-electron chi connectivity index (χ0n) is 11.4. The minimum atomic E-state index is -0.936. The van der Waals surface area contributed by atoms with Gasteiger partial charge in [0.15, 0.2) is 0 Å². The summed E-state index contributed by atoms with van der Waals surface area (Å²) in [5, 5.41) is 12.8. The summed E-state index contributed by atoms with van der Waals surface area (Å²) in [6.07, 6.45) is 3.25. The Balaban J connectivity index is 2.19. The molecule has 0 aliphatic heterocycles. The Morgan fingerprint density at radius 2 is 2.26 bits per heavy atom. The molecule has 4 nitrogen and oxygen atoms in total. The van der Waals surface area contributed by atoms with E-state index in [9.17, 15) is 4.79 Å². The van der Waals surface area contributed by atoms with Gasteiger partial charge in [0, 0.05) is 11.8 Å². The van der Waals surface area contributed by atoms with Crippen LogP contribution in [-0.2, 0) is 0 Å². The van der Waals surface area contributed by atoms with Crippen LogP contribution in [0.5, 0.6) is 5.75 Å². The second-order valence-electron chi connectivity index (χ2n) is 4.27. The van der Waals surface area contributed by atoms with Gasteiger partial charge in [-0.3, -0.25) is 0 Å². The van der Waals surface area contributed by atoms with E-state index in [4.69, 9.17) is 9.84 Å². The number of rotatable bonds is 9. The van der Waals surface area contributed by atoms with Crippen molar-refractivity contribution in [3.05, 3.63) is 29.8 Å². The highest BCUT2D eigenvalue weighted by Crippen LogP contribution is 2.13. The molecule has 0 radical (unpaired) electrons. The lowest BCUT2D eigenvalue weighted by Gasteiger charge is -2.10. The van der Waals surface area contributed by atoms with Gasteiger partial charge in [-0.05, 0) is 37.4 Å². The molecule has 19 heavy (non-hydrogen) atoms. The number of aromatic carboxylic acids is 1. The number of hydrogen-bond donors (Lipinski definition) is 2. The standard InChI is InChI=1S/C14H21NO3S/c1-11(19-2)6-7-15-8-9-18-13-5-3-4-12(10-13)14(16)17/h3-5,10-11,15H,6-9H2,1-2H3,(H,16,17). The molecule has 106 valence electrons. The highest BCUT2D eigenvalue weighted by Gasteiger charge is 2.03. The van der Waals surface area contributed by atoms with Crippen molar-refractivity contribution in [2.75, 3.05) is 26.0 Å². The molecule has 1 rings (SSSR count). The van der Waals surface area contributed by atoms with Crippen LogP contribution in [0.3, 0.4) is 0 Å². The van der Waals surface area contributed by atoms with E-state index in [1.807, 2.05) is 11.8 Å². The number of ether oxygens (including phenoxy) is 1. The summed E-state index contributed by atoms with van der Waals surface area (Å²) in [5.41, 5.74) is 0.249. The molecule has 0 aliphatic carbocycles. The van der Waals surface area contributed by atoms with E-state index in [1.54, 1.807) is 18.2 Å². The maximum Gasteiger partial charge on any atom is 0.335 e. The van der Waals surface area contributed by atoms with E-state index >= 15 is 0 Å². The van der Waals surface area contributed by atoms with E-state index in [-0.39, 0.29) is 5.56 Å². The number of carbonyl (C=O) groups is 1. The van der Waals surface area contributed by atoms with E-state index in [0.29, 0.717) is 17.6 Å². The van der Waals surface area contributed by atoms with Gasteiger partial charge in [-0.15, -0.1) is 0 Å². The van der Waals surface area contributed by atoms with E-state index in [2.05, 4.69) is 18.5 Å². The molecule has 0 amide bonds. The van der Waals surface area contributed by atoms with Crippen molar-refractivity contribution in [1.82, 2.24) is 5.32 Å². The monoisotopic (exact) mass is 283 g/mol. The molecule has 1 unspecified atom stereocenters. The van der Waals surface area contributed by atoms with Crippen LogP contribution in [0.4, 0.5) is 0 Å². The van der Waals surface area contributed by atoms with Crippen LogP contribution in [0.2, 0.25) is 0 Å². The van der Waals surface area contributed by atoms with Gasteiger partial charge in [0.05, 0.1) is 5.56 Å². The second-order valence-corrected chi connectivity index (χ2v) is 5.54. The first-order valence-corrected chi connectivity index (χ1v) is 7.62.